The molecule has 28 heavy (non-hydrogen) atoms. The number of carbonyl (C=O) groups is 1. The lowest BCUT2D eigenvalue weighted by atomic mass is 10.1. The monoisotopic (exact) mass is 381 g/mol. The van der Waals surface area contributed by atoms with E-state index in [9.17, 15) is 9.18 Å². The minimum Gasteiger partial charge on any atom is -0.488 e. The Morgan fingerprint density at radius 3 is 2.96 bits per heavy atom. The molecular formula is C21H20FN3O3. The lowest BCUT2D eigenvalue weighted by Gasteiger charge is -2.11. The summed E-state index contributed by atoms with van der Waals surface area (Å²) in [6, 6.07) is 12.7. The van der Waals surface area contributed by atoms with E-state index in [2.05, 4.69) is 15.5 Å². The summed E-state index contributed by atoms with van der Waals surface area (Å²) in [6.07, 6.45) is 1.28. The van der Waals surface area contributed by atoms with Crippen molar-refractivity contribution in [1.29, 1.82) is 0 Å². The molecule has 1 atom stereocenters. The molecule has 0 radical (unpaired) electrons. The van der Waals surface area contributed by atoms with Crippen LogP contribution in [-0.2, 0) is 17.6 Å². The Labute approximate surface area is 161 Å². The minimum absolute atomic E-state index is 0.0483. The van der Waals surface area contributed by atoms with E-state index in [1.165, 1.54) is 6.07 Å². The van der Waals surface area contributed by atoms with Gasteiger partial charge in [-0.05, 0) is 30.2 Å². The molecule has 0 spiro atoms. The quantitative estimate of drug-likeness (QED) is 0.709. The molecule has 2 heterocycles. The first-order valence-electron chi connectivity index (χ1n) is 9.19. The topological polar surface area (TPSA) is 77.2 Å². The zero-order valence-corrected chi connectivity index (χ0v) is 15.4. The molecule has 0 aliphatic carbocycles. The molecule has 1 N–H and O–H groups in total. The maximum atomic E-state index is 13.7. The zero-order chi connectivity index (χ0) is 19.5. The van der Waals surface area contributed by atoms with Gasteiger partial charge in [0, 0.05) is 24.8 Å². The summed E-state index contributed by atoms with van der Waals surface area (Å²) in [5.74, 6) is 1.11. The number of halogens is 1. The van der Waals surface area contributed by atoms with Crippen LogP contribution in [-0.4, -0.2) is 28.7 Å². The normalized spacial score (nSPS) is 15.1. The van der Waals surface area contributed by atoms with Crippen LogP contribution in [0.25, 0.3) is 11.4 Å². The molecule has 0 saturated heterocycles. The molecule has 1 unspecified atom stereocenters. The van der Waals surface area contributed by atoms with Crippen molar-refractivity contribution in [2.45, 2.75) is 32.3 Å². The molecule has 7 heteroatoms. The Kier molecular flexibility index (Phi) is 5.06. The number of rotatable bonds is 6. The molecule has 1 amide bonds. The van der Waals surface area contributed by atoms with Crippen molar-refractivity contribution >= 4 is 5.91 Å². The third-order valence-corrected chi connectivity index (χ3v) is 4.70. The molecule has 1 aromatic heterocycles. The standard InChI is InChI=1S/C21H20FN3O3/c1-13-6-7-15(11-17(13)22)21-24-20(28-25-21)9-8-19(26)23-12-16-10-14-4-2-3-5-18(14)27-16/h2-7,11,16H,8-10,12H2,1H3,(H,23,26). The van der Waals surface area contributed by atoms with E-state index in [4.69, 9.17) is 9.26 Å². The van der Waals surface area contributed by atoms with Gasteiger partial charge in [0.15, 0.2) is 0 Å². The minimum atomic E-state index is -0.320. The summed E-state index contributed by atoms with van der Waals surface area (Å²) in [5, 5.41) is 6.74. The first-order valence-corrected chi connectivity index (χ1v) is 9.19. The van der Waals surface area contributed by atoms with Gasteiger partial charge in [0.2, 0.25) is 17.6 Å². The molecule has 4 rings (SSSR count). The third-order valence-electron chi connectivity index (χ3n) is 4.70. The van der Waals surface area contributed by atoms with E-state index >= 15 is 0 Å². The van der Waals surface area contributed by atoms with Crippen molar-refractivity contribution in [1.82, 2.24) is 15.5 Å². The highest BCUT2D eigenvalue weighted by Gasteiger charge is 2.22. The van der Waals surface area contributed by atoms with Crippen molar-refractivity contribution in [3.63, 3.8) is 0 Å². The van der Waals surface area contributed by atoms with Crippen molar-refractivity contribution in [2.24, 2.45) is 0 Å². The van der Waals surface area contributed by atoms with Gasteiger partial charge in [-0.1, -0.05) is 35.5 Å². The Hall–Kier alpha value is -3.22. The molecule has 144 valence electrons. The van der Waals surface area contributed by atoms with Gasteiger partial charge in [0.1, 0.15) is 17.7 Å². The predicted octanol–water partition coefficient (Wildman–Crippen LogP) is 3.24. The molecule has 2 aromatic carbocycles. The van der Waals surface area contributed by atoms with E-state index in [0.29, 0.717) is 35.8 Å². The zero-order valence-electron chi connectivity index (χ0n) is 15.4. The summed E-state index contributed by atoms with van der Waals surface area (Å²) in [6.45, 7) is 2.14. The molecule has 1 aliphatic heterocycles. The van der Waals surface area contributed by atoms with Gasteiger partial charge in [-0.15, -0.1) is 0 Å². The number of para-hydroxylation sites is 1. The van der Waals surface area contributed by atoms with Gasteiger partial charge in [-0.2, -0.15) is 4.98 Å². The molecule has 0 bridgehead atoms. The predicted molar refractivity (Wildman–Crippen MR) is 100 cm³/mol. The number of fused-ring (bicyclic) bond motifs is 1. The lowest BCUT2D eigenvalue weighted by molar-refractivity contribution is -0.121. The average molecular weight is 381 g/mol. The number of amides is 1. The van der Waals surface area contributed by atoms with E-state index in [1.807, 2.05) is 24.3 Å². The maximum absolute atomic E-state index is 13.7. The molecule has 3 aromatic rings. The highest BCUT2D eigenvalue weighted by Crippen LogP contribution is 2.27. The second-order valence-electron chi connectivity index (χ2n) is 6.83. The smallest absolute Gasteiger partial charge is 0.227 e. The van der Waals surface area contributed by atoms with Crippen molar-refractivity contribution in [3.05, 3.63) is 65.3 Å². The highest BCUT2D eigenvalue weighted by atomic mass is 19.1. The van der Waals surface area contributed by atoms with E-state index < -0.39 is 0 Å². The number of aromatic nitrogens is 2. The van der Waals surface area contributed by atoms with Gasteiger partial charge < -0.3 is 14.6 Å². The molecular weight excluding hydrogens is 361 g/mol. The molecule has 0 fully saturated rings. The van der Waals surface area contributed by atoms with Crippen molar-refractivity contribution in [2.75, 3.05) is 6.54 Å². The number of hydrogen-bond donors (Lipinski definition) is 1. The summed E-state index contributed by atoms with van der Waals surface area (Å²) in [5.41, 5.74) is 2.26. The van der Waals surface area contributed by atoms with Gasteiger partial charge >= 0.3 is 0 Å². The third kappa shape index (κ3) is 4.03. The lowest BCUT2D eigenvalue weighted by Crippen LogP contribution is -2.34. The number of ether oxygens (including phenoxy) is 1. The highest BCUT2D eigenvalue weighted by molar-refractivity contribution is 5.76. The van der Waals surface area contributed by atoms with Crippen molar-refractivity contribution in [3.8, 4) is 17.1 Å². The van der Waals surface area contributed by atoms with Gasteiger partial charge in [0.05, 0.1) is 6.54 Å². The van der Waals surface area contributed by atoms with Crippen LogP contribution in [0.2, 0.25) is 0 Å². The number of benzene rings is 2. The van der Waals surface area contributed by atoms with Gasteiger partial charge in [-0.25, -0.2) is 4.39 Å². The van der Waals surface area contributed by atoms with Crippen LogP contribution in [0.4, 0.5) is 4.39 Å². The first kappa shape index (κ1) is 18.2. The van der Waals surface area contributed by atoms with Crippen LogP contribution < -0.4 is 10.1 Å². The Bertz CT molecular complexity index is 977. The summed E-state index contributed by atoms with van der Waals surface area (Å²) >= 11 is 0. The van der Waals surface area contributed by atoms with Crippen molar-refractivity contribution < 1.29 is 18.4 Å². The molecule has 6 nitrogen and oxygen atoms in total. The fourth-order valence-corrected chi connectivity index (χ4v) is 3.11. The summed E-state index contributed by atoms with van der Waals surface area (Å²) < 4.78 is 24.7. The molecule has 1 aliphatic rings. The van der Waals surface area contributed by atoms with Gasteiger partial charge in [0.25, 0.3) is 0 Å². The Morgan fingerprint density at radius 1 is 1.29 bits per heavy atom. The van der Waals surface area contributed by atoms with E-state index in [1.54, 1.807) is 19.1 Å². The summed E-state index contributed by atoms with van der Waals surface area (Å²) in [4.78, 5) is 16.3. The maximum Gasteiger partial charge on any atom is 0.227 e. The number of nitrogens with zero attached hydrogens (tertiary/aromatic N) is 2. The largest absolute Gasteiger partial charge is 0.488 e. The number of aryl methyl sites for hydroxylation is 2. The van der Waals surface area contributed by atoms with Crippen LogP contribution in [0.5, 0.6) is 5.75 Å². The first-order chi connectivity index (χ1) is 13.6. The van der Waals surface area contributed by atoms with Crippen LogP contribution >= 0.6 is 0 Å². The van der Waals surface area contributed by atoms with E-state index in [-0.39, 0.29) is 24.2 Å². The number of nitrogens with one attached hydrogen (secondary N) is 1. The van der Waals surface area contributed by atoms with E-state index in [0.717, 1.165) is 17.7 Å². The SMILES string of the molecule is Cc1ccc(-c2noc(CCC(=O)NCC3Cc4ccccc4O3)n2)cc1F. The second kappa shape index (κ2) is 7.80. The Balaban J connectivity index is 1.25. The molecule has 0 saturated carbocycles. The summed E-state index contributed by atoms with van der Waals surface area (Å²) in [7, 11) is 0. The van der Waals surface area contributed by atoms with Gasteiger partial charge in [-0.3, -0.25) is 4.79 Å². The van der Waals surface area contributed by atoms with Crippen LogP contribution in [0.15, 0.2) is 47.0 Å². The van der Waals surface area contributed by atoms with Crippen LogP contribution in [0.3, 0.4) is 0 Å². The fourth-order valence-electron chi connectivity index (χ4n) is 3.11. The fraction of sp³-hybridized carbons (Fsp3) is 0.286. The van der Waals surface area contributed by atoms with Crippen LogP contribution in [0, 0.1) is 12.7 Å². The number of hydrogen-bond acceptors (Lipinski definition) is 5. The van der Waals surface area contributed by atoms with Crippen LogP contribution in [0.1, 0.15) is 23.4 Å². The number of carbonyl (C=O) groups excluding carboxylic acids is 1. The Morgan fingerprint density at radius 2 is 2.14 bits per heavy atom. The second-order valence-corrected chi connectivity index (χ2v) is 6.83. The average Bonchev–Trinajstić information content (AvgIpc) is 3.33.